The number of carbonyl (C=O) groups is 2. The molecule has 0 radical (unpaired) electrons. The summed E-state index contributed by atoms with van der Waals surface area (Å²) in [5.74, 6) is -0.145. The maximum atomic E-state index is 11.5. The first-order chi connectivity index (χ1) is 11.4. The number of benzene rings is 1. The van der Waals surface area contributed by atoms with Crippen LogP contribution in [0.25, 0.3) is 0 Å². The number of hydrogen-bond acceptors (Lipinski definition) is 7. The number of nitrogens with zero attached hydrogens (tertiary/aromatic N) is 1. The Balaban J connectivity index is 2.21. The number of nitro groups is 1. The minimum Gasteiger partial charge on any atom is -0.481 e. The molecule has 0 aliphatic rings. The lowest BCUT2D eigenvalue weighted by molar-refractivity contribution is -0.384. The van der Waals surface area contributed by atoms with Gasteiger partial charge in [-0.2, -0.15) is 0 Å². The number of non-ortho nitro benzene ring substituents is 1. The van der Waals surface area contributed by atoms with E-state index in [1.54, 1.807) is 0 Å². The highest BCUT2D eigenvalue weighted by Gasteiger charge is 2.06. The van der Waals surface area contributed by atoms with Crippen LogP contribution in [0.15, 0.2) is 36.4 Å². The zero-order chi connectivity index (χ0) is 17.9. The van der Waals surface area contributed by atoms with E-state index in [4.69, 9.17) is 21.7 Å². The van der Waals surface area contributed by atoms with Gasteiger partial charge in [0.1, 0.15) is 13.2 Å². The van der Waals surface area contributed by atoms with Crippen molar-refractivity contribution in [2.45, 2.75) is 13.5 Å². The molecule has 0 fully saturated rings. The number of ether oxygens (including phenoxy) is 2. The second-order valence-electron chi connectivity index (χ2n) is 4.54. The Kier molecular flexibility index (Phi) is 8.06. The van der Waals surface area contributed by atoms with Crippen LogP contribution in [-0.2, 0) is 20.9 Å². The molecule has 0 unspecified atom stereocenters. The molecule has 1 rings (SSSR count). The van der Waals surface area contributed by atoms with Crippen molar-refractivity contribution >= 4 is 34.8 Å². The minimum atomic E-state index is -0.651. The van der Waals surface area contributed by atoms with Crippen LogP contribution in [0.2, 0.25) is 0 Å². The van der Waals surface area contributed by atoms with E-state index in [-0.39, 0.29) is 36.3 Å². The maximum Gasteiger partial charge on any atom is 0.407 e. The molecule has 0 saturated heterocycles. The van der Waals surface area contributed by atoms with Gasteiger partial charge in [-0.15, -0.1) is 0 Å². The summed E-state index contributed by atoms with van der Waals surface area (Å²) in [5.41, 5.74) is 0.595. The zero-order valence-corrected chi connectivity index (χ0v) is 13.7. The lowest BCUT2D eigenvalue weighted by Gasteiger charge is -2.08. The van der Waals surface area contributed by atoms with E-state index >= 15 is 0 Å². The highest BCUT2D eigenvalue weighted by Crippen LogP contribution is 2.12. The van der Waals surface area contributed by atoms with E-state index in [1.807, 2.05) is 0 Å². The molecule has 24 heavy (non-hydrogen) atoms. The number of amides is 1. The third-order valence-corrected chi connectivity index (χ3v) is 2.84. The molecule has 0 spiro atoms. The molecule has 1 aromatic carbocycles. The standard InChI is InChI=1S/C15H16N2O6S/c1-11(18)2-7-14(24)22-9-8-16-15(19)23-10-12-3-5-13(6-4-12)17(20)21/h2-7H,8-10H2,1H3,(H,16,19)/b7-2-. The fraction of sp³-hybridized carbons (Fsp3) is 0.267. The summed E-state index contributed by atoms with van der Waals surface area (Å²) in [6.45, 7) is 1.69. The lowest BCUT2D eigenvalue weighted by Crippen LogP contribution is -2.28. The summed E-state index contributed by atoms with van der Waals surface area (Å²) in [4.78, 5) is 32.2. The zero-order valence-electron chi connectivity index (χ0n) is 12.9. The Morgan fingerprint density at radius 2 is 1.92 bits per heavy atom. The molecule has 0 bridgehead atoms. The van der Waals surface area contributed by atoms with Gasteiger partial charge in [0, 0.05) is 12.1 Å². The average Bonchev–Trinajstić information content (AvgIpc) is 2.55. The van der Waals surface area contributed by atoms with Crippen molar-refractivity contribution < 1.29 is 24.0 Å². The first-order valence-electron chi connectivity index (χ1n) is 6.88. The van der Waals surface area contributed by atoms with Gasteiger partial charge in [-0.25, -0.2) is 4.79 Å². The van der Waals surface area contributed by atoms with Gasteiger partial charge in [0.05, 0.1) is 11.5 Å². The molecule has 0 aliphatic heterocycles. The molecule has 9 heteroatoms. The Morgan fingerprint density at radius 1 is 1.25 bits per heavy atom. The molecular weight excluding hydrogens is 336 g/mol. The third kappa shape index (κ3) is 7.99. The Morgan fingerprint density at radius 3 is 2.50 bits per heavy atom. The van der Waals surface area contributed by atoms with Crippen LogP contribution >= 0.6 is 12.2 Å². The number of alkyl carbamates (subject to hydrolysis) is 1. The van der Waals surface area contributed by atoms with E-state index < -0.39 is 11.0 Å². The Labute approximate surface area is 143 Å². The maximum absolute atomic E-state index is 11.5. The van der Waals surface area contributed by atoms with Gasteiger partial charge >= 0.3 is 6.09 Å². The van der Waals surface area contributed by atoms with Gasteiger partial charge in [0.25, 0.3) is 5.69 Å². The fourth-order valence-electron chi connectivity index (χ4n) is 1.45. The van der Waals surface area contributed by atoms with E-state index in [0.717, 1.165) is 0 Å². The van der Waals surface area contributed by atoms with E-state index in [0.29, 0.717) is 5.56 Å². The van der Waals surface area contributed by atoms with Gasteiger partial charge in [0.15, 0.2) is 10.8 Å². The highest BCUT2D eigenvalue weighted by molar-refractivity contribution is 7.80. The fourth-order valence-corrected chi connectivity index (χ4v) is 1.60. The number of ketones is 1. The molecule has 0 heterocycles. The first kappa shape index (κ1) is 19.2. The van der Waals surface area contributed by atoms with Crippen LogP contribution in [0.3, 0.4) is 0 Å². The number of hydrogen-bond donors (Lipinski definition) is 1. The molecule has 1 amide bonds. The van der Waals surface area contributed by atoms with Gasteiger partial charge in [-0.1, -0.05) is 0 Å². The number of nitrogens with one attached hydrogen (secondary N) is 1. The van der Waals surface area contributed by atoms with Crippen molar-refractivity contribution in [3.8, 4) is 0 Å². The lowest BCUT2D eigenvalue weighted by atomic mass is 10.2. The minimum absolute atomic E-state index is 0.00948. The quantitative estimate of drug-likeness (QED) is 0.251. The normalized spacial score (nSPS) is 10.2. The summed E-state index contributed by atoms with van der Waals surface area (Å²) < 4.78 is 10.0. The molecule has 128 valence electrons. The molecule has 0 aliphatic carbocycles. The van der Waals surface area contributed by atoms with Crippen molar-refractivity contribution in [3.05, 3.63) is 52.1 Å². The smallest absolute Gasteiger partial charge is 0.407 e. The van der Waals surface area contributed by atoms with Gasteiger partial charge in [-0.05, 0) is 49.0 Å². The summed E-state index contributed by atoms with van der Waals surface area (Å²) in [6.07, 6.45) is 2.00. The van der Waals surface area contributed by atoms with Crippen LogP contribution in [0.5, 0.6) is 0 Å². The highest BCUT2D eigenvalue weighted by atomic mass is 32.1. The third-order valence-electron chi connectivity index (χ3n) is 2.59. The summed E-state index contributed by atoms with van der Waals surface area (Å²) >= 11 is 4.84. The van der Waals surface area contributed by atoms with Crippen LogP contribution in [0.1, 0.15) is 12.5 Å². The van der Waals surface area contributed by atoms with Crippen LogP contribution < -0.4 is 5.32 Å². The first-order valence-corrected chi connectivity index (χ1v) is 7.28. The second-order valence-corrected chi connectivity index (χ2v) is 4.94. The predicted octanol–water partition coefficient (Wildman–Crippen LogP) is 2.31. The molecule has 1 N–H and O–H groups in total. The topological polar surface area (TPSA) is 108 Å². The summed E-state index contributed by atoms with van der Waals surface area (Å²) in [7, 11) is 0. The molecule has 1 aromatic rings. The van der Waals surface area contributed by atoms with E-state index in [2.05, 4.69) is 5.32 Å². The van der Waals surface area contributed by atoms with Crippen molar-refractivity contribution in [2.24, 2.45) is 0 Å². The number of allylic oxidation sites excluding steroid dienone is 1. The van der Waals surface area contributed by atoms with Crippen molar-refractivity contribution in [2.75, 3.05) is 13.2 Å². The SMILES string of the molecule is CC(=O)/C=C\C(=S)OCCNC(=O)OCc1ccc([N+](=O)[O-])cc1. The van der Waals surface area contributed by atoms with Crippen LogP contribution in [-0.4, -0.2) is 35.0 Å². The van der Waals surface area contributed by atoms with Crippen LogP contribution in [0, 0.1) is 10.1 Å². The van der Waals surface area contributed by atoms with Gasteiger partial charge in [-0.3, -0.25) is 14.9 Å². The van der Waals surface area contributed by atoms with Gasteiger partial charge < -0.3 is 14.8 Å². The van der Waals surface area contributed by atoms with Crippen molar-refractivity contribution in [3.63, 3.8) is 0 Å². The van der Waals surface area contributed by atoms with E-state index in [1.165, 1.54) is 43.3 Å². The predicted molar refractivity (Wildman–Crippen MR) is 89.7 cm³/mol. The van der Waals surface area contributed by atoms with Crippen molar-refractivity contribution in [1.82, 2.24) is 5.32 Å². The van der Waals surface area contributed by atoms with Crippen molar-refractivity contribution in [1.29, 1.82) is 0 Å². The monoisotopic (exact) mass is 352 g/mol. The van der Waals surface area contributed by atoms with E-state index in [9.17, 15) is 19.7 Å². The Bertz CT molecular complexity index is 642. The molecule has 8 nitrogen and oxygen atoms in total. The second kappa shape index (κ2) is 10.1. The molecule has 0 saturated carbocycles. The number of carbonyl (C=O) groups excluding carboxylic acids is 2. The number of thiocarbonyl (C=S) groups is 1. The largest absolute Gasteiger partial charge is 0.481 e. The summed E-state index contributed by atoms with van der Waals surface area (Å²) in [6, 6.07) is 5.68. The number of rotatable bonds is 8. The van der Waals surface area contributed by atoms with Crippen LogP contribution in [0.4, 0.5) is 10.5 Å². The van der Waals surface area contributed by atoms with Gasteiger partial charge in [0.2, 0.25) is 0 Å². The summed E-state index contributed by atoms with van der Waals surface area (Å²) in [5, 5.41) is 13.1. The Hall–Kier alpha value is -2.81. The molecule has 0 atom stereocenters. The molecule has 0 aromatic heterocycles. The average molecular weight is 352 g/mol. The number of nitro benzene ring substituents is 1. The molecular formula is C15H16N2O6S.